The Bertz CT molecular complexity index is 1020. The lowest BCUT2D eigenvalue weighted by Crippen LogP contribution is -2.39. The summed E-state index contributed by atoms with van der Waals surface area (Å²) in [5.74, 6) is -0.129. The van der Waals surface area contributed by atoms with Crippen LogP contribution in [0.4, 0.5) is 5.69 Å². The minimum absolute atomic E-state index is 0.127. The van der Waals surface area contributed by atoms with Gasteiger partial charge in [-0.15, -0.1) is 0 Å². The highest BCUT2D eigenvalue weighted by molar-refractivity contribution is 6.34. The molecule has 1 aliphatic heterocycles. The number of aliphatic hydroxyl groups is 1. The molecule has 0 bridgehead atoms. The van der Waals surface area contributed by atoms with Gasteiger partial charge in [-0.05, 0) is 42.8 Å². The lowest BCUT2D eigenvalue weighted by molar-refractivity contribution is 0.0985. The number of rotatable bonds is 3. The number of nitrogens with zero attached hydrogens (tertiary/aromatic N) is 3. The molecule has 2 heterocycles. The van der Waals surface area contributed by atoms with Crippen LogP contribution < -0.4 is 10.2 Å². The van der Waals surface area contributed by atoms with Gasteiger partial charge in [0.25, 0.3) is 5.91 Å². The minimum Gasteiger partial charge on any atom is -0.390 e. The van der Waals surface area contributed by atoms with Crippen molar-refractivity contribution in [1.82, 2.24) is 15.1 Å². The lowest BCUT2D eigenvalue weighted by atomic mass is 10.1. The van der Waals surface area contributed by atoms with E-state index < -0.39 is 0 Å². The largest absolute Gasteiger partial charge is 0.390 e. The first-order valence-corrected chi connectivity index (χ1v) is 9.53. The van der Waals surface area contributed by atoms with Gasteiger partial charge in [-0.25, -0.2) is 4.68 Å². The second kappa shape index (κ2) is 7.75. The number of benzene rings is 2. The van der Waals surface area contributed by atoms with E-state index in [1.165, 1.54) is 0 Å². The highest BCUT2D eigenvalue weighted by Crippen LogP contribution is 2.28. The lowest BCUT2D eigenvalue weighted by Gasteiger charge is -2.25. The molecule has 144 valence electrons. The summed E-state index contributed by atoms with van der Waals surface area (Å²) >= 11 is 6.48. The number of aromatic nitrogens is 2. The van der Waals surface area contributed by atoms with Gasteiger partial charge in [0.05, 0.1) is 28.6 Å². The number of fused-ring (bicyclic) bond motifs is 1. The second-order valence-corrected chi connectivity index (χ2v) is 7.31. The molecule has 4 rings (SSSR count). The second-order valence-electron chi connectivity index (χ2n) is 6.90. The molecule has 0 fully saturated rings. The average Bonchev–Trinajstić information content (AvgIpc) is 3.13. The van der Waals surface area contributed by atoms with Crippen molar-refractivity contribution in [3.63, 3.8) is 0 Å². The van der Waals surface area contributed by atoms with Gasteiger partial charge in [0, 0.05) is 31.0 Å². The van der Waals surface area contributed by atoms with Crippen molar-refractivity contribution in [2.45, 2.75) is 26.1 Å². The summed E-state index contributed by atoms with van der Waals surface area (Å²) in [7, 11) is 0. The van der Waals surface area contributed by atoms with Crippen molar-refractivity contribution in [3.8, 4) is 5.69 Å². The van der Waals surface area contributed by atoms with Crippen molar-refractivity contribution in [2.24, 2.45) is 0 Å². The maximum Gasteiger partial charge on any atom is 0.259 e. The van der Waals surface area contributed by atoms with Crippen LogP contribution in [-0.2, 0) is 13.2 Å². The molecule has 2 N–H and O–H groups in total. The minimum atomic E-state index is -0.129. The van der Waals surface area contributed by atoms with Crippen LogP contribution in [0.5, 0.6) is 0 Å². The van der Waals surface area contributed by atoms with Gasteiger partial charge in [0.15, 0.2) is 0 Å². The van der Waals surface area contributed by atoms with Crippen LogP contribution in [0.25, 0.3) is 5.69 Å². The Morgan fingerprint density at radius 2 is 2.11 bits per heavy atom. The fourth-order valence-corrected chi connectivity index (χ4v) is 3.65. The third kappa shape index (κ3) is 3.54. The predicted octanol–water partition coefficient (Wildman–Crippen LogP) is 3.16. The van der Waals surface area contributed by atoms with Crippen LogP contribution in [-0.4, -0.2) is 33.4 Å². The van der Waals surface area contributed by atoms with Gasteiger partial charge in [0.2, 0.25) is 0 Å². The van der Waals surface area contributed by atoms with Crippen LogP contribution in [0.3, 0.4) is 0 Å². The molecule has 7 heteroatoms. The monoisotopic (exact) mass is 396 g/mol. The number of nitrogens with one attached hydrogen (secondary N) is 1. The van der Waals surface area contributed by atoms with Crippen molar-refractivity contribution < 1.29 is 9.90 Å². The number of halogens is 1. The number of para-hydroxylation sites is 1. The molecule has 0 spiro atoms. The third-order valence-electron chi connectivity index (χ3n) is 4.88. The van der Waals surface area contributed by atoms with E-state index >= 15 is 0 Å². The molecule has 28 heavy (non-hydrogen) atoms. The van der Waals surface area contributed by atoms with Crippen LogP contribution in [0, 0.1) is 0 Å². The van der Waals surface area contributed by atoms with Crippen LogP contribution in [0.15, 0.2) is 54.7 Å². The van der Waals surface area contributed by atoms with E-state index in [-0.39, 0.29) is 18.6 Å². The zero-order valence-corrected chi connectivity index (χ0v) is 16.2. The topological polar surface area (TPSA) is 70.4 Å². The summed E-state index contributed by atoms with van der Waals surface area (Å²) in [4.78, 5) is 15.1. The number of anilines is 1. The molecule has 0 unspecified atom stereocenters. The number of carbonyl (C=O) groups is 1. The summed E-state index contributed by atoms with van der Waals surface area (Å²) < 4.78 is 1.62. The molecular formula is C21H21ClN4O2. The number of amides is 1. The molecule has 1 aliphatic rings. The first-order chi connectivity index (χ1) is 13.6. The molecule has 1 aromatic heterocycles. The summed E-state index contributed by atoms with van der Waals surface area (Å²) in [5.41, 5.74) is 3.74. The zero-order valence-electron chi connectivity index (χ0n) is 15.5. The maximum atomic E-state index is 13.3. The summed E-state index contributed by atoms with van der Waals surface area (Å²) in [6, 6.07) is 15.1. The number of carbonyl (C=O) groups excluding carboxylic acids is 1. The molecule has 1 atom stereocenters. The van der Waals surface area contributed by atoms with Gasteiger partial charge >= 0.3 is 0 Å². The summed E-state index contributed by atoms with van der Waals surface area (Å²) in [6.07, 6.45) is 1.75. The van der Waals surface area contributed by atoms with Crippen LogP contribution >= 0.6 is 11.6 Å². The van der Waals surface area contributed by atoms with E-state index in [1.54, 1.807) is 40.0 Å². The van der Waals surface area contributed by atoms with Crippen molar-refractivity contribution in [1.29, 1.82) is 0 Å². The molecule has 2 aromatic carbocycles. The third-order valence-corrected chi connectivity index (χ3v) is 5.19. The van der Waals surface area contributed by atoms with E-state index in [0.29, 0.717) is 22.8 Å². The quantitative estimate of drug-likeness (QED) is 0.713. The Hall–Kier alpha value is -2.67. The van der Waals surface area contributed by atoms with E-state index in [4.69, 9.17) is 11.6 Å². The molecule has 1 amide bonds. The predicted molar refractivity (Wildman–Crippen MR) is 109 cm³/mol. The van der Waals surface area contributed by atoms with Crippen molar-refractivity contribution >= 4 is 23.2 Å². The number of aliphatic hydroxyl groups excluding tert-OH is 1. The van der Waals surface area contributed by atoms with Gasteiger partial charge in [-0.3, -0.25) is 4.79 Å². The fourth-order valence-electron chi connectivity index (χ4n) is 3.39. The maximum absolute atomic E-state index is 13.3. The Morgan fingerprint density at radius 1 is 1.29 bits per heavy atom. The first-order valence-electron chi connectivity index (χ1n) is 9.15. The molecule has 6 nitrogen and oxygen atoms in total. The Labute approximate surface area is 168 Å². The van der Waals surface area contributed by atoms with E-state index in [1.807, 2.05) is 24.3 Å². The van der Waals surface area contributed by atoms with Gasteiger partial charge < -0.3 is 15.3 Å². The molecule has 0 saturated carbocycles. The van der Waals surface area contributed by atoms with E-state index in [0.717, 1.165) is 23.5 Å². The Balaban J connectivity index is 1.68. The van der Waals surface area contributed by atoms with Gasteiger partial charge in [-0.2, -0.15) is 5.10 Å². The fraction of sp³-hybridized carbons (Fsp3) is 0.238. The summed E-state index contributed by atoms with van der Waals surface area (Å²) in [6.45, 7) is 3.22. The SMILES string of the molecule is C[C@@H]1CN(C(=O)c2ccc(-n3ccc(CO)n3)cc2Cl)c2ccccc2CN1. The van der Waals surface area contributed by atoms with Crippen molar-refractivity contribution in [2.75, 3.05) is 11.4 Å². The summed E-state index contributed by atoms with van der Waals surface area (Å²) in [5, 5.41) is 17.2. The number of hydrogen-bond donors (Lipinski definition) is 2. The van der Waals surface area contributed by atoms with Crippen molar-refractivity contribution in [3.05, 3.63) is 76.6 Å². The highest BCUT2D eigenvalue weighted by Gasteiger charge is 2.26. The first kappa shape index (κ1) is 18.7. The zero-order chi connectivity index (χ0) is 19.7. The van der Waals surface area contributed by atoms with E-state index in [2.05, 4.69) is 17.3 Å². The molecule has 0 radical (unpaired) electrons. The highest BCUT2D eigenvalue weighted by atomic mass is 35.5. The number of hydrogen-bond acceptors (Lipinski definition) is 4. The van der Waals surface area contributed by atoms with Crippen LogP contribution in [0.1, 0.15) is 28.5 Å². The molecular weight excluding hydrogens is 376 g/mol. The van der Waals surface area contributed by atoms with Gasteiger partial charge in [-0.1, -0.05) is 29.8 Å². The van der Waals surface area contributed by atoms with Crippen LogP contribution in [0.2, 0.25) is 5.02 Å². The molecule has 0 saturated heterocycles. The smallest absolute Gasteiger partial charge is 0.259 e. The van der Waals surface area contributed by atoms with Gasteiger partial charge in [0.1, 0.15) is 0 Å². The Morgan fingerprint density at radius 3 is 2.86 bits per heavy atom. The molecule has 3 aromatic rings. The normalized spacial score (nSPS) is 16.5. The standard InChI is InChI=1S/C21H21ClN4O2/c1-14-12-25(20-5-3-2-4-15(20)11-23-14)21(28)18-7-6-17(10-19(18)22)26-9-8-16(13-27)24-26/h2-10,14,23,27H,11-13H2,1H3/t14-/m1/s1. The van der Waals surface area contributed by atoms with E-state index in [9.17, 15) is 9.90 Å². The molecule has 0 aliphatic carbocycles. The Kier molecular flexibility index (Phi) is 5.17. The average molecular weight is 397 g/mol.